The summed E-state index contributed by atoms with van der Waals surface area (Å²) in [5, 5.41) is 13.7. The van der Waals surface area contributed by atoms with Gasteiger partial charge in [-0.05, 0) is 42.0 Å². The predicted molar refractivity (Wildman–Crippen MR) is 99.4 cm³/mol. The minimum atomic E-state index is -0.948. The summed E-state index contributed by atoms with van der Waals surface area (Å²) in [6.07, 6.45) is 4.54. The summed E-state index contributed by atoms with van der Waals surface area (Å²) in [4.78, 5) is 17.1. The molecule has 0 aliphatic carbocycles. The monoisotopic (exact) mass is 364 g/mol. The van der Waals surface area contributed by atoms with E-state index in [1.165, 1.54) is 17.0 Å². The molecular weight excluding hydrogens is 347 g/mol. The van der Waals surface area contributed by atoms with E-state index in [4.69, 9.17) is 0 Å². The van der Waals surface area contributed by atoms with Crippen molar-refractivity contribution >= 4 is 11.7 Å². The Hall–Kier alpha value is -3.48. The van der Waals surface area contributed by atoms with Crippen LogP contribution in [0.25, 0.3) is 28.1 Å². The molecule has 0 saturated heterocycles. The van der Waals surface area contributed by atoms with Gasteiger partial charge in [-0.25, -0.2) is 9.18 Å². The molecule has 1 aliphatic heterocycles. The van der Waals surface area contributed by atoms with Crippen molar-refractivity contribution in [1.82, 2.24) is 19.7 Å². The largest absolute Gasteiger partial charge is 0.465 e. The lowest BCUT2D eigenvalue weighted by molar-refractivity contribution is 0.158. The van der Waals surface area contributed by atoms with Gasteiger partial charge in [0.05, 0.1) is 11.4 Å². The van der Waals surface area contributed by atoms with E-state index in [2.05, 4.69) is 10.1 Å². The van der Waals surface area contributed by atoms with Crippen molar-refractivity contribution in [2.45, 2.75) is 0 Å². The fraction of sp³-hybridized carbons (Fsp3) is 0.150. The van der Waals surface area contributed by atoms with Gasteiger partial charge in [0.1, 0.15) is 5.82 Å². The summed E-state index contributed by atoms with van der Waals surface area (Å²) in [5.74, 6) is -0.301. The van der Waals surface area contributed by atoms with Gasteiger partial charge < -0.3 is 10.0 Å². The number of aryl methyl sites for hydroxylation is 1. The lowest BCUT2D eigenvalue weighted by Gasteiger charge is -2.14. The molecule has 1 aromatic carbocycles. The fourth-order valence-corrected chi connectivity index (χ4v) is 3.16. The first-order chi connectivity index (χ1) is 13.0. The van der Waals surface area contributed by atoms with Gasteiger partial charge in [-0.15, -0.1) is 0 Å². The first kappa shape index (κ1) is 17.0. The highest BCUT2D eigenvalue weighted by molar-refractivity contribution is 5.85. The third-order valence-corrected chi connectivity index (χ3v) is 4.57. The first-order valence-corrected chi connectivity index (χ1v) is 8.44. The van der Waals surface area contributed by atoms with Gasteiger partial charge in [0.15, 0.2) is 0 Å². The molecule has 1 aliphatic rings. The third kappa shape index (κ3) is 3.31. The summed E-state index contributed by atoms with van der Waals surface area (Å²) < 4.78 is 14.9. The Morgan fingerprint density at radius 2 is 1.93 bits per heavy atom. The van der Waals surface area contributed by atoms with Gasteiger partial charge in [-0.3, -0.25) is 9.67 Å². The van der Waals surface area contributed by atoms with Crippen molar-refractivity contribution in [2.24, 2.45) is 7.05 Å². The molecule has 0 unspecified atom stereocenters. The van der Waals surface area contributed by atoms with Crippen LogP contribution in [-0.4, -0.2) is 44.0 Å². The molecule has 136 valence electrons. The number of hydrogen-bond donors (Lipinski definition) is 1. The second-order valence-electron chi connectivity index (χ2n) is 6.39. The number of nitrogens with zero attached hydrogens (tertiary/aromatic N) is 4. The van der Waals surface area contributed by atoms with E-state index in [0.29, 0.717) is 18.8 Å². The van der Waals surface area contributed by atoms with Gasteiger partial charge in [-0.2, -0.15) is 5.10 Å². The van der Waals surface area contributed by atoms with E-state index in [0.717, 1.165) is 28.0 Å². The van der Waals surface area contributed by atoms with Gasteiger partial charge in [0, 0.05) is 49.2 Å². The summed E-state index contributed by atoms with van der Waals surface area (Å²) in [6.45, 7) is 0.665. The second kappa shape index (κ2) is 6.68. The number of carbonyl (C=O) groups is 1. The Morgan fingerprint density at radius 3 is 2.56 bits per heavy atom. The molecule has 3 heterocycles. The van der Waals surface area contributed by atoms with Gasteiger partial charge >= 0.3 is 6.09 Å². The topological polar surface area (TPSA) is 71.2 Å². The number of hydrogen-bond acceptors (Lipinski definition) is 3. The quantitative estimate of drug-likeness (QED) is 0.770. The lowest BCUT2D eigenvalue weighted by Crippen LogP contribution is -2.26. The highest BCUT2D eigenvalue weighted by Crippen LogP contribution is 2.33. The molecule has 4 rings (SSSR count). The lowest BCUT2D eigenvalue weighted by atomic mass is 9.98. The van der Waals surface area contributed by atoms with Crippen molar-refractivity contribution in [3.63, 3.8) is 0 Å². The van der Waals surface area contributed by atoms with Crippen LogP contribution in [0.3, 0.4) is 0 Å². The van der Waals surface area contributed by atoms with E-state index in [1.807, 2.05) is 31.5 Å². The van der Waals surface area contributed by atoms with Crippen LogP contribution < -0.4 is 0 Å². The number of aromatic nitrogens is 3. The third-order valence-electron chi connectivity index (χ3n) is 4.57. The summed E-state index contributed by atoms with van der Waals surface area (Å²) in [6, 6.07) is 9.97. The molecular formula is C20H17FN4O2. The molecule has 1 N–H and O–H groups in total. The predicted octanol–water partition coefficient (Wildman–Crippen LogP) is 3.67. The zero-order valence-electron chi connectivity index (χ0n) is 14.6. The zero-order chi connectivity index (χ0) is 19.0. The van der Waals surface area contributed by atoms with Crippen molar-refractivity contribution in [3.8, 4) is 22.5 Å². The Kier molecular flexibility index (Phi) is 4.19. The van der Waals surface area contributed by atoms with E-state index < -0.39 is 6.09 Å². The molecule has 1 amide bonds. The Bertz CT molecular complexity index is 1040. The molecule has 27 heavy (non-hydrogen) atoms. The molecule has 6 nitrogen and oxygen atoms in total. The Labute approximate surface area is 155 Å². The average Bonchev–Trinajstić information content (AvgIpc) is 3.31. The van der Waals surface area contributed by atoms with E-state index in [9.17, 15) is 14.3 Å². The number of carboxylic acid groups (broad SMARTS) is 1. The Balaban J connectivity index is 1.79. The van der Waals surface area contributed by atoms with Crippen molar-refractivity contribution in [2.75, 3.05) is 13.1 Å². The maximum Gasteiger partial charge on any atom is 0.407 e. The summed E-state index contributed by atoms with van der Waals surface area (Å²) in [7, 11) is 1.84. The second-order valence-corrected chi connectivity index (χ2v) is 6.39. The van der Waals surface area contributed by atoms with Crippen LogP contribution in [0.4, 0.5) is 9.18 Å². The molecule has 0 bridgehead atoms. The highest BCUT2D eigenvalue weighted by atomic mass is 19.1. The van der Waals surface area contributed by atoms with Gasteiger partial charge in [0.2, 0.25) is 0 Å². The Morgan fingerprint density at radius 1 is 1.15 bits per heavy atom. The molecule has 0 spiro atoms. The molecule has 0 atom stereocenters. The fourth-order valence-electron chi connectivity index (χ4n) is 3.16. The minimum Gasteiger partial charge on any atom is -0.465 e. The van der Waals surface area contributed by atoms with E-state index >= 15 is 0 Å². The highest BCUT2D eigenvalue weighted by Gasteiger charge is 2.23. The normalized spacial score (nSPS) is 13.7. The maximum absolute atomic E-state index is 13.2. The standard InChI is InChI=1S/C20H17FN4O2/c1-24-8-7-18(23-24)16-10-19(13-2-4-15(21)5-3-13)22-11-17(16)14-6-9-25(12-14)20(26)27/h2-8,10-11H,9,12H2,1H3,(H,26,27). The van der Waals surface area contributed by atoms with E-state index in [1.54, 1.807) is 23.0 Å². The number of rotatable bonds is 3. The van der Waals surface area contributed by atoms with Crippen LogP contribution in [0, 0.1) is 5.82 Å². The van der Waals surface area contributed by atoms with Crippen LogP contribution >= 0.6 is 0 Å². The molecule has 7 heteroatoms. The summed E-state index contributed by atoms with van der Waals surface area (Å²) >= 11 is 0. The first-order valence-electron chi connectivity index (χ1n) is 8.44. The van der Waals surface area contributed by atoms with Crippen molar-refractivity contribution < 1.29 is 14.3 Å². The molecule has 2 aromatic heterocycles. The van der Waals surface area contributed by atoms with E-state index in [-0.39, 0.29) is 5.82 Å². The summed E-state index contributed by atoms with van der Waals surface area (Å²) in [5.41, 5.74) is 4.89. The van der Waals surface area contributed by atoms with Crippen LogP contribution in [0.2, 0.25) is 0 Å². The van der Waals surface area contributed by atoms with Crippen LogP contribution in [-0.2, 0) is 7.05 Å². The smallest absolute Gasteiger partial charge is 0.407 e. The average molecular weight is 364 g/mol. The number of halogens is 1. The molecule has 3 aromatic rings. The molecule has 0 saturated carbocycles. The van der Waals surface area contributed by atoms with Crippen LogP contribution in [0.1, 0.15) is 5.56 Å². The zero-order valence-corrected chi connectivity index (χ0v) is 14.6. The van der Waals surface area contributed by atoms with Crippen molar-refractivity contribution in [3.05, 3.63) is 66.2 Å². The number of amides is 1. The minimum absolute atomic E-state index is 0.301. The molecule has 0 radical (unpaired) electrons. The number of pyridine rings is 1. The van der Waals surface area contributed by atoms with Crippen LogP contribution in [0.15, 0.2) is 54.9 Å². The molecule has 0 fully saturated rings. The maximum atomic E-state index is 13.2. The van der Waals surface area contributed by atoms with Gasteiger partial charge in [-0.1, -0.05) is 6.08 Å². The number of benzene rings is 1. The van der Waals surface area contributed by atoms with Crippen LogP contribution in [0.5, 0.6) is 0 Å². The SMILES string of the molecule is Cn1ccc(-c2cc(-c3ccc(F)cc3)ncc2C2=CCN(C(=O)O)C2)n1. The van der Waals surface area contributed by atoms with Crippen molar-refractivity contribution in [1.29, 1.82) is 0 Å². The van der Waals surface area contributed by atoms with Gasteiger partial charge in [0.25, 0.3) is 0 Å².